The molecule has 3 atom stereocenters. The minimum atomic E-state index is -1.21. The number of benzene rings is 3. The van der Waals surface area contributed by atoms with Gasteiger partial charge in [0.15, 0.2) is 0 Å². The van der Waals surface area contributed by atoms with E-state index < -0.39 is 8.15 Å². The molecule has 0 bridgehead atoms. The van der Waals surface area contributed by atoms with Crippen molar-refractivity contribution >= 4 is 14.1 Å². The van der Waals surface area contributed by atoms with E-state index in [1.54, 1.807) is 0 Å². The summed E-state index contributed by atoms with van der Waals surface area (Å²) >= 11 is 0. The summed E-state index contributed by atoms with van der Waals surface area (Å²) in [5, 5.41) is 3.21. The van der Waals surface area contributed by atoms with Crippen molar-refractivity contribution in [2.45, 2.75) is 52.0 Å². The molecule has 3 aromatic rings. The number of amides is 1. The van der Waals surface area contributed by atoms with Gasteiger partial charge in [-0.05, 0) is 54.6 Å². The van der Waals surface area contributed by atoms with E-state index >= 15 is 0 Å². The zero-order valence-electron chi connectivity index (χ0n) is 20.5. The molecule has 3 nitrogen and oxygen atoms in total. The highest BCUT2D eigenvalue weighted by Crippen LogP contribution is 2.35. The average molecular weight is 476 g/mol. The molecule has 0 aliphatic rings. The Morgan fingerprint density at radius 2 is 1.50 bits per heavy atom. The third-order valence-corrected chi connectivity index (χ3v) is 7.83. The second kappa shape index (κ2) is 14.0. The maximum absolute atomic E-state index is 13.2. The second-order valence-electron chi connectivity index (χ2n) is 9.16. The van der Waals surface area contributed by atoms with Gasteiger partial charge in [-0.25, -0.2) is 0 Å². The lowest BCUT2D eigenvalue weighted by Crippen LogP contribution is -2.39. The third kappa shape index (κ3) is 8.70. The first-order valence-corrected chi connectivity index (χ1v) is 14.1. The summed E-state index contributed by atoms with van der Waals surface area (Å²) in [5.41, 5.74) is 4.72. The Morgan fingerprint density at radius 1 is 0.882 bits per heavy atom. The molecule has 0 aliphatic heterocycles. The van der Waals surface area contributed by atoms with Gasteiger partial charge in [-0.2, -0.15) is 0 Å². The topological polar surface area (TPSA) is 49.3 Å². The van der Waals surface area contributed by atoms with Gasteiger partial charge < -0.3 is 10.2 Å². The van der Waals surface area contributed by atoms with Gasteiger partial charge in [0.1, 0.15) is 0 Å². The molecule has 3 unspecified atom stereocenters. The lowest BCUT2D eigenvalue weighted by molar-refractivity contribution is -0.125. The zero-order valence-corrected chi connectivity index (χ0v) is 21.4. The predicted molar refractivity (Wildman–Crippen MR) is 145 cm³/mol. The van der Waals surface area contributed by atoms with Crippen molar-refractivity contribution in [2.75, 3.05) is 12.3 Å². The van der Waals surface area contributed by atoms with Crippen LogP contribution < -0.4 is 5.32 Å². The minimum Gasteiger partial charge on any atom is -0.374 e. The summed E-state index contributed by atoms with van der Waals surface area (Å²) in [7, 11) is -1.21. The number of hydrogen-bond donors (Lipinski definition) is 2. The largest absolute Gasteiger partial charge is 0.374 e. The number of carbonyl (C=O) groups excluding carboxylic acids is 1. The number of carbonyl (C=O) groups is 1. The fourth-order valence-corrected chi connectivity index (χ4v) is 5.68. The molecule has 4 heteroatoms. The van der Waals surface area contributed by atoms with E-state index in [0.717, 1.165) is 37.4 Å². The van der Waals surface area contributed by atoms with Crippen molar-refractivity contribution in [3.8, 4) is 11.1 Å². The number of unbranched alkanes of at least 4 members (excludes halogenated alkanes) is 1. The molecular weight excluding hydrogens is 437 g/mol. The van der Waals surface area contributed by atoms with Crippen LogP contribution in [-0.4, -0.2) is 29.2 Å². The predicted octanol–water partition coefficient (Wildman–Crippen LogP) is 6.84. The monoisotopic (exact) mass is 475 g/mol. The molecule has 2 N–H and O–H groups in total. The van der Waals surface area contributed by atoms with Crippen molar-refractivity contribution in [1.82, 2.24) is 5.32 Å². The summed E-state index contributed by atoms with van der Waals surface area (Å²) in [6.45, 7) is 4.25. The number of hydrogen-bond acceptors (Lipinski definition) is 2. The fourth-order valence-electron chi connectivity index (χ4n) is 4.18. The summed E-state index contributed by atoms with van der Waals surface area (Å²) in [6.07, 6.45) is 5.97. The number of aryl methyl sites for hydroxylation is 1. The Labute approximate surface area is 206 Å². The number of nitrogens with one attached hydrogen (secondary N) is 1. The molecule has 3 aromatic carbocycles. The first-order chi connectivity index (χ1) is 16.5. The molecule has 0 saturated heterocycles. The molecule has 0 radical (unpaired) electrons. The van der Waals surface area contributed by atoms with Gasteiger partial charge >= 0.3 is 0 Å². The second-order valence-corrected chi connectivity index (χ2v) is 11.0. The van der Waals surface area contributed by atoms with Gasteiger partial charge in [-0.3, -0.25) is 4.79 Å². The van der Waals surface area contributed by atoms with Crippen molar-refractivity contribution in [3.05, 3.63) is 96.1 Å². The highest BCUT2D eigenvalue weighted by molar-refractivity contribution is 7.51. The summed E-state index contributed by atoms with van der Waals surface area (Å²) in [6, 6.07) is 29.2. The van der Waals surface area contributed by atoms with E-state index in [4.69, 9.17) is 0 Å². The lowest BCUT2D eigenvalue weighted by atomic mass is 9.97. The van der Waals surface area contributed by atoms with E-state index in [1.165, 1.54) is 16.7 Å². The Morgan fingerprint density at radius 3 is 2.15 bits per heavy atom. The SMILES string of the molecule is CCCCC(C)NC(=O)C(Cc1ccc(-c2ccccc2)cc1)CP(O)CCc1ccccc1. The molecule has 34 heavy (non-hydrogen) atoms. The van der Waals surface area contributed by atoms with Crippen LogP contribution in [0.15, 0.2) is 84.9 Å². The summed E-state index contributed by atoms with van der Waals surface area (Å²) < 4.78 is 0. The smallest absolute Gasteiger partial charge is 0.224 e. The average Bonchev–Trinajstić information content (AvgIpc) is 2.87. The van der Waals surface area contributed by atoms with Crippen LogP contribution in [-0.2, 0) is 17.6 Å². The maximum atomic E-state index is 13.2. The Kier molecular flexibility index (Phi) is 10.8. The van der Waals surface area contributed by atoms with Crippen molar-refractivity contribution < 1.29 is 9.69 Å². The van der Waals surface area contributed by atoms with Crippen LogP contribution in [0.5, 0.6) is 0 Å². The van der Waals surface area contributed by atoms with Gasteiger partial charge in [0.05, 0.1) is 0 Å². The maximum Gasteiger partial charge on any atom is 0.224 e. The van der Waals surface area contributed by atoms with E-state index in [-0.39, 0.29) is 17.9 Å². The van der Waals surface area contributed by atoms with Crippen LogP contribution in [0.25, 0.3) is 11.1 Å². The standard InChI is InChI=1S/C30H38NO2P/c1-3-4-11-24(2)31-30(32)29(23-34(33)21-20-25-12-7-5-8-13-25)22-26-16-18-28(19-17-26)27-14-9-6-10-15-27/h5-10,12-19,24,29,33H,3-4,11,20-23H2,1-2H3,(H,31,32). The van der Waals surface area contributed by atoms with Crippen LogP contribution in [0.4, 0.5) is 0 Å². The van der Waals surface area contributed by atoms with Gasteiger partial charge in [-0.1, -0.05) is 105 Å². The van der Waals surface area contributed by atoms with E-state index in [0.29, 0.717) is 12.6 Å². The first-order valence-electron chi connectivity index (χ1n) is 12.5. The summed E-state index contributed by atoms with van der Waals surface area (Å²) in [5.74, 6) is -0.157. The van der Waals surface area contributed by atoms with Crippen molar-refractivity contribution in [3.63, 3.8) is 0 Å². The molecule has 1 amide bonds. The molecule has 180 valence electrons. The number of rotatable bonds is 13. The van der Waals surface area contributed by atoms with Gasteiger partial charge in [0.25, 0.3) is 0 Å². The molecular formula is C30H38NO2P. The molecule has 0 spiro atoms. The van der Waals surface area contributed by atoms with Gasteiger partial charge in [0.2, 0.25) is 5.91 Å². The van der Waals surface area contributed by atoms with Crippen LogP contribution in [0.2, 0.25) is 0 Å². The summed E-state index contributed by atoms with van der Waals surface area (Å²) in [4.78, 5) is 24.1. The zero-order chi connectivity index (χ0) is 24.2. The van der Waals surface area contributed by atoms with E-state index in [1.807, 2.05) is 36.4 Å². The van der Waals surface area contributed by atoms with Crippen LogP contribution >= 0.6 is 8.15 Å². The van der Waals surface area contributed by atoms with Crippen molar-refractivity contribution in [2.24, 2.45) is 5.92 Å². The fraction of sp³-hybridized carbons (Fsp3) is 0.367. The van der Waals surface area contributed by atoms with E-state index in [9.17, 15) is 9.69 Å². The highest BCUT2D eigenvalue weighted by Gasteiger charge is 2.24. The lowest BCUT2D eigenvalue weighted by Gasteiger charge is -2.23. The Hall–Kier alpha value is -2.48. The third-order valence-electron chi connectivity index (χ3n) is 6.23. The molecule has 0 heterocycles. The minimum absolute atomic E-state index is 0.0667. The van der Waals surface area contributed by atoms with E-state index in [2.05, 4.69) is 67.7 Å². The molecule has 0 aromatic heterocycles. The highest BCUT2D eigenvalue weighted by atomic mass is 31.1. The Balaban J connectivity index is 1.65. The van der Waals surface area contributed by atoms with Gasteiger partial charge in [0, 0.05) is 26.3 Å². The van der Waals surface area contributed by atoms with Crippen molar-refractivity contribution in [1.29, 1.82) is 0 Å². The van der Waals surface area contributed by atoms with Crippen LogP contribution in [0, 0.1) is 5.92 Å². The first kappa shape index (κ1) is 26.1. The molecule has 0 fully saturated rings. The van der Waals surface area contributed by atoms with Gasteiger partial charge in [-0.15, -0.1) is 0 Å². The molecule has 0 saturated carbocycles. The van der Waals surface area contributed by atoms with Crippen LogP contribution in [0.1, 0.15) is 44.2 Å². The normalized spacial score (nSPS) is 13.7. The quantitative estimate of drug-likeness (QED) is 0.266. The molecule has 3 rings (SSSR count). The molecule has 0 aliphatic carbocycles. The Bertz CT molecular complexity index is 976. The van der Waals surface area contributed by atoms with Crippen LogP contribution in [0.3, 0.4) is 0 Å².